The number of fused-ring (bicyclic) bond motifs is 1. The van der Waals surface area contributed by atoms with Crippen LogP contribution in [0.4, 0.5) is 16.6 Å². The van der Waals surface area contributed by atoms with E-state index in [1.54, 1.807) is 27.2 Å². The van der Waals surface area contributed by atoms with Crippen molar-refractivity contribution < 1.29 is 19.0 Å². The summed E-state index contributed by atoms with van der Waals surface area (Å²) in [6.07, 6.45) is 1.50. The SMILES string of the molecule is CCOC(=O)NCC1CCN(c2nc(N)c3cc(OC)c(OC)cc3n2)CC1. The maximum atomic E-state index is 11.4. The zero-order chi connectivity index (χ0) is 20.1. The number of carbonyl (C=O) groups is 1. The minimum atomic E-state index is -0.361. The predicted molar refractivity (Wildman–Crippen MR) is 107 cm³/mol. The fourth-order valence-corrected chi connectivity index (χ4v) is 3.35. The molecule has 0 atom stereocenters. The molecule has 2 aromatic rings. The Morgan fingerprint density at radius 3 is 2.54 bits per heavy atom. The van der Waals surface area contributed by atoms with Crippen LogP contribution in [0.15, 0.2) is 12.1 Å². The maximum Gasteiger partial charge on any atom is 0.407 e. The summed E-state index contributed by atoms with van der Waals surface area (Å²) < 4.78 is 15.6. The molecular formula is C19H27N5O4. The Labute approximate surface area is 164 Å². The summed E-state index contributed by atoms with van der Waals surface area (Å²) in [5.41, 5.74) is 6.89. The molecule has 2 heterocycles. The molecule has 0 saturated carbocycles. The van der Waals surface area contributed by atoms with Crippen molar-refractivity contribution in [1.29, 1.82) is 0 Å². The van der Waals surface area contributed by atoms with Gasteiger partial charge in [-0.1, -0.05) is 0 Å². The number of piperidine rings is 1. The van der Waals surface area contributed by atoms with E-state index in [0.29, 0.717) is 47.9 Å². The number of nitrogens with one attached hydrogen (secondary N) is 1. The highest BCUT2D eigenvalue weighted by atomic mass is 16.5. The van der Waals surface area contributed by atoms with Gasteiger partial charge in [0.2, 0.25) is 5.95 Å². The van der Waals surface area contributed by atoms with Gasteiger partial charge in [-0.15, -0.1) is 0 Å². The topological polar surface area (TPSA) is 112 Å². The van der Waals surface area contributed by atoms with Crippen molar-refractivity contribution >= 4 is 28.8 Å². The average Bonchev–Trinajstić information content (AvgIpc) is 2.71. The minimum Gasteiger partial charge on any atom is -0.493 e. The lowest BCUT2D eigenvalue weighted by Crippen LogP contribution is -2.39. The lowest BCUT2D eigenvalue weighted by atomic mass is 9.97. The number of anilines is 2. The van der Waals surface area contributed by atoms with Gasteiger partial charge in [0, 0.05) is 31.1 Å². The molecule has 9 heteroatoms. The van der Waals surface area contributed by atoms with Gasteiger partial charge in [-0.3, -0.25) is 0 Å². The van der Waals surface area contributed by atoms with Gasteiger partial charge in [0.05, 0.1) is 26.3 Å². The van der Waals surface area contributed by atoms with Crippen LogP contribution in [0.3, 0.4) is 0 Å². The molecule has 1 aromatic carbocycles. The fourth-order valence-electron chi connectivity index (χ4n) is 3.35. The number of rotatable bonds is 6. The molecule has 3 N–H and O–H groups in total. The quantitative estimate of drug-likeness (QED) is 0.773. The molecule has 28 heavy (non-hydrogen) atoms. The first kappa shape index (κ1) is 19.8. The van der Waals surface area contributed by atoms with Crippen molar-refractivity contribution in [2.24, 2.45) is 5.92 Å². The third-order valence-electron chi connectivity index (χ3n) is 4.93. The smallest absolute Gasteiger partial charge is 0.407 e. The molecule has 0 bridgehead atoms. The molecule has 152 valence electrons. The van der Waals surface area contributed by atoms with E-state index < -0.39 is 0 Å². The lowest BCUT2D eigenvalue weighted by molar-refractivity contribution is 0.149. The Kier molecular flexibility index (Phi) is 6.23. The molecule has 9 nitrogen and oxygen atoms in total. The second-order valence-electron chi connectivity index (χ2n) is 6.66. The van der Waals surface area contributed by atoms with Gasteiger partial charge in [0.25, 0.3) is 0 Å². The molecule has 1 amide bonds. The number of amides is 1. The third-order valence-corrected chi connectivity index (χ3v) is 4.93. The number of carbonyl (C=O) groups excluding carboxylic acids is 1. The zero-order valence-electron chi connectivity index (χ0n) is 16.5. The molecule has 0 spiro atoms. The molecule has 1 aliphatic rings. The molecular weight excluding hydrogens is 362 g/mol. The van der Waals surface area contributed by atoms with Crippen molar-refractivity contribution in [3.8, 4) is 11.5 Å². The summed E-state index contributed by atoms with van der Waals surface area (Å²) in [7, 11) is 3.17. The van der Waals surface area contributed by atoms with Gasteiger partial charge in [-0.05, 0) is 31.7 Å². The van der Waals surface area contributed by atoms with Gasteiger partial charge in [-0.2, -0.15) is 4.98 Å². The highest BCUT2D eigenvalue weighted by molar-refractivity contribution is 5.91. The van der Waals surface area contributed by atoms with E-state index >= 15 is 0 Å². The number of benzene rings is 1. The second-order valence-corrected chi connectivity index (χ2v) is 6.66. The monoisotopic (exact) mass is 389 g/mol. The average molecular weight is 389 g/mol. The Hall–Kier alpha value is -2.97. The number of ether oxygens (including phenoxy) is 3. The Bertz CT molecular complexity index is 837. The Morgan fingerprint density at radius 1 is 1.21 bits per heavy atom. The maximum absolute atomic E-state index is 11.4. The van der Waals surface area contributed by atoms with Crippen molar-refractivity contribution in [2.45, 2.75) is 19.8 Å². The molecule has 3 rings (SSSR count). The van der Waals surface area contributed by atoms with Crippen LogP contribution in [0.2, 0.25) is 0 Å². The van der Waals surface area contributed by atoms with E-state index in [1.165, 1.54) is 0 Å². The molecule has 1 fully saturated rings. The summed E-state index contributed by atoms with van der Waals surface area (Å²) >= 11 is 0. The Balaban J connectivity index is 1.70. The van der Waals surface area contributed by atoms with Crippen LogP contribution >= 0.6 is 0 Å². The van der Waals surface area contributed by atoms with Crippen LogP contribution in [0, 0.1) is 5.92 Å². The first-order chi connectivity index (χ1) is 13.5. The van der Waals surface area contributed by atoms with Crippen LogP contribution < -0.4 is 25.4 Å². The van der Waals surface area contributed by atoms with E-state index in [1.807, 2.05) is 6.07 Å². The summed E-state index contributed by atoms with van der Waals surface area (Å²) in [6, 6.07) is 3.60. The number of aromatic nitrogens is 2. The highest BCUT2D eigenvalue weighted by Crippen LogP contribution is 2.34. The first-order valence-electron chi connectivity index (χ1n) is 9.40. The number of nitrogens with zero attached hydrogens (tertiary/aromatic N) is 3. The largest absolute Gasteiger partial charge is 0.493 e. The van der Waals surface area contributed by atoms with E-state index in [4.69, 9.17) is 19.9 Å². The lowest BCUT2D eigenvalue weighted by Gasteiger charge is -2.32. The van der Waals surface area contributed by atoms with E-state index in [2.05, 4.69) is 20.2 Å². The Morgan fingerprint density at radius 2 is 1.89 bits per heavy atom. The summed E-state index contributed by atoms with van der Waals surface area (Å²) in [4.78, 5) is 22.7. The molecule has 0 aliphatic carbocycles. The van der Waals surface area contributed by atoms with Crippen LogP contribution in [0.1, 0.15) is 19.8 Å². The molecule has 0 radical (unpaired) electrons. The van der Waals surface area contributed by atoms with Gasteiger partial charge in [-0.25, -0.2) is 9.78 Å². The minimum absolute atomic E-state index is 0.361. The summed E-state index contributed by atoms with van der Waals surface area (Å²) in [6.45, 7) is 4.38. The number of nitrogen functional groups attached to an aromatic ring is 1. The van der Waals surface area contributed by atoms with Crippen molar-refractivity contribution in [3.63, 3.8) is 0 Å². The number of methoxy groups -OCH3 is 2. The molecule has 1 saturated heterocycles. The van der Waals surface area contributed by atoms with Crippen LogP contribution in [0.25, 0.3) is 10.9 Å². The number of alkyl carbamates (subject to hydrolysis) is 1. The molecule has 1 aliphatic heterocycles. The van der Waals surface area contributed by atoms with Crippen LogP contribution in [-0.4, -0.2) is 56.5 Å². The number of hydrogen-bond acceptors (Lipinski definition) is 8. The number of hydrogen-bond donors (Lipinski definition) is 2. The van der Waals surface area contributed by atoms with E-state index in [9.17, 15) is 4.79 Å². The van der Waals surface area contributed by atoms with Gasteiger partial charge in [0.1, 0.15) is 5.82 Å². The standard InChI is InChI=1S/C19H27N5O4/c1-4-28-19(25)21-11-12-5-7-24(8-6-12)18-22-14-10-16(27-3)15(26-2)9-13(14)17(20)23-18/h9-10,12H,4-8,11H2,1-3H3,(H,21,25)(H2,20,22,23). The van der Waals surface area contributed by atoms with E-state index in [0.717, 1.165) is 31.3 Å². The first-order valence-corrected chi connectivity index (χ1v) is 9.40. The van der Waals surface area contributed by atoms with E-state index in [-0.39, 0.29) is 6.09 Å². The second kappa shape index (κ2) is 8.81. The summed E-state index contributed by atoms with van der Waals surface area (Å²) in [5, 5.41) is 3.54. The van der Waals surface area contributed by atoms with Gasteiger partial charge >= 0.3 is 6.09 Å². The highest BCUT2D eigenvalue weighted by Gasteiger charge is 2.23. The van der Waals surface area contributed by atoms with Crippen LogP contribution in [0.5, 0.6) is 11.5 Å². The molecule has 1 aromatic heterocycles. The number of nitrogens with two attached hydrogens (primary N) is 1. The van der Waals surface area contributed by atoms with Gasteiger partial charge < -0.3 is 30.2 Å². The van der Waals surface area contributed by atoms with Crippen molar-refractivity contribution in [2.75, 3.05) is 51.1 Å². The van der Waals surface area contributed by atoms with Crippen LogP contribution in [-0.2, 0) is 4.74 Å². The van der Waals surface area contributed by atoms with Crippen molar-refractivity contribution in [3.05, 3.63) is 12.1 Å². The summed E-state index contributed by atoms with van der Waals surface area (Å²) in [5.74, 6) is 2.61. The third kappa shape index (κ3) is 4.29. The van der Waals surface area contributed by atoms with Gasteiger partial charge in [0.15, 0.2) is 11.5 Å². The fraction of sp³-hybridized carbons (Fsp3) is 0.526. The van der Waals surface area contributed by atoms with Crippen molar-refractivity contribution in [1.82, 2.24) is 15.3 Å². The zero-order valence-corrected chi connectivity index (χ0v) is 16.5. The molecule has 0 unspecified atom stereocenters. The normalized spacial score (nSPS) is 14.8. The predicted octanol–water partition coefficient (Wildman–Crippen LogP) is 2.19.